The predicted octanol–water partition coefficient (Wildman–Crippen LogP) is 3.02. The fraction of sp³-hybridized carbons (Fsp3) is 0.958. The van der Waals surface area contributed by atoms with Crippen molar-refractivity contribution < 1.29 is 44.5 Å². The minimum atomic E-state index is -1.90. The van der Waals surface area contributed by atoms with Crippen molar-refractivity contribution in [1.29, 1.82) is 0 Å². The molecular weight excluding hydrogens is 574 g/mol. The lowest BCUT2D eigenvalue weighted by molar-refractivity contribution is -0.357. The molecule has 2 saturated heterocycles. The highest BCUT2D eigenvalue weighted by Crippen LogP contribution is 2.38. The van der Waals surface area contributed by atoms with Crippen LogP contribution in [0.5, 0.6) is 0 Å². The van der Waals surface area contributed by atoms with E-state index in [0.29, 0.717) is 6.42 Å². The van der Waals surface area contributed by atoms with Crippen LogP contribution in [0.3, 0.4) is 0 Å². The second-order valence-corrected chi connectivity index (χ2v) is 10.9. The maximum atomic E-state index is 10.4. The molecule has 0 aromatic carbocycles. The molecule has 2 heterocycles. The number of aliphatic hydroxyl groups excluding tert-OH is 5. The largest absolute Gasteiger partial charge is 0.394 e. The third-order valence-corrected chi connectivity index (χ3v) is 7.84. The molecule has 9 nitrogen and oxygen atoms in total. The molecule has 0 bridgehead atoms. The Bertz CT molecular complexity index is 633. The molecule has 0 radical (unpaired) electrons. The van der Waals surface area contributed by atoms with Gasteiger partial charge >= 0.3 is 0 Å². The first kappa shape index (κ1) is 35.5. The number of hydrogen-bond acceptors (Lipinski definition) is 9. The van der Waals surface area contributed by atoms with E-state index in [2.05, 4.69) is 6.92 Å². The van der Waals surface area contributed by atoms with Gasteiger partial charge in [0.1, 0.15) is 36.6 Å². The Hall–Kier alpha value is 0.510. The molecule has 0 aliphatic carbocycles. The zero-order valence-corrected chi connectivity index (χ0v) is 24.2. The first-order chi connectivity index (χ1) is 17.6. The number of aliphatic hydroxyl groups is 5. The van der Waals surface area contributed by atoms with Crippen molar-refractivity contribution in [2.45, 2.75) is 125 Å². The number of rotatable bonds is 15. The van der Waals surface area contributed by atoms with Gasteiger partial charge in [-0.25, -0.2) is 0 Å². The van der Waals surface area contributed by atoms with Crippen LogP contribution in [-0.2, 0) is 19.0 Å². The summed E-state index contributed by atoms with van der Waals surface area (Å²) in [4.78, 5) is 10.4. The van der Waals surface area contributed by atoms with E-state index in [9.17, 15) is 30.3 Å². The van der Waals surface area contributed by atoms with E-state index < -0.39 is 66.6 Å². The standard InChI is InChI=1S/C12H19Cl3O8.C12H23ClO/c13-1-4-7(17)10(20)12(3-14,22-4)23-11-9(19)8(18)6(15)5(2-16)21-11;1-2-3-4-5-6-7-8-9-10-11-12(13)14/h4-11,16-20H,1-3H2;2-11H2,1H3/t4-,5?,6+,7?,8+,9?,10-,11-,12-;/m1./s1. The van der Waals surface area contributed by atoms with Crippen LogP contribution >= 0.6 is 46.4 Å². The number of unbranched alkanes of at least 4 members (excludes halogenated alkanes) is 8. The van der Waals surface area contributed by atoms with Gasteiger partial charge in [-0.1, -0.05) is 58.3 Å². The molecule has 9 atom stereocenters. The van der Waals surface area contributed by atoms with Crippen molar-refractivity contribution in [3.63, 3.8) is 0 Å². The monoisotopic (exact) mass is 614 g/mol. The van der Waals surface area contributed by atoms with E-state index in [1.54, 1.807) is 0 Å². The van der Waals surface area contributed by atoms with Crippen LogP contribution in [0, 0.1) is 0 Å². The van der Waals surface area contributed by atoms with Crippen LogP contribution in [0.1, 0.15) is 71.1 Å². The number of carbonyl (C=O) groups is 1. The normalized spacial score (nSPS) is 35.7. The first-order valence-corrected chi connectivity index (χ1v) is 14.7. The fourth-order valence-electron chi connectivity index (χ4n) is 4.13. The van der Waals surface area contributed by atoms with Crippen LogP contribution in [0.15, 0.2) is 0 Å². The third kappa shape index (κ3) is 11.1. The molecule has 3 unspecified atom stereocenters. The van der Waals surface area contributed by atoms with Gasteiger partial charge in [0.15, 0.2) is 6.29 Å². The minimum Gasteiger partial charge on any atom is -0.394 e. The number of alkyl halides is 3. The van der Waals surface area contributed by atoms with Crippen LogP contribution in [0.25, 0.3) is 0 Å². The van der Waals surface area contributed by atoms with Gasteiger partial charge < -0.3 is 39.7 Å². The van der Waals surface area contributed by atoms with Crippen molar-refractivity contribution in [2.24, 2.45) is 0 Å². The topological polar surface area (TPSA) is 146 Å². The Balaban J connectivity index is 0.000000422. The molecule has 0 aromatic heterocycles. The van der Waals surface area contributed by atoms with Gasteiger partial charge in [0.2, 0.25) is 11.0 Å². The average Bonchev–Trinajstić information content (AvgIpc) is 3.13. The molecule has 2 fully saturated rings. The number of ether oxygens (including phenoxy) is 3. The highest BCUT2D eigenvalue weighted by atomic mass is 35.5. The van der Waals surface area contributed by atoms with Crippen LogP contribution in [0.2, 0.25) is 0 Å². The number of carbonyl (C=O) groups excluding carboxylic acids is 1. The van der Waals surface area contributed by atoms with Crippen LogP contribution < -0.4 is 0 Å². The van der Waals surface area contributed by atoms with Gasteiger partial charge in [-0.05, 0) is 18.0 Å². The lowest BCUT2D eigenvalue weighted by atomic mass is 10.0. The lowest BCUT2D eigenvalue weighted by Gasteiger charge is -2.43. The Morgan fingerprint density at radius 2 is 1.46 bits per heavy atom. The molecule has 0 spiro atoms. The van der Waals surface area contributed by atoms with Gasteiger partial charge in [-0.3, -0.25) is 4.79 Å². The smallest absolute Gasteiger partial charge is 0.221 e. The maximum absolute atomic E-state index is 10.4. The molecule has 2 aliphatic rings. The number of hydrogen-bond donors (Lipinski definition) is 5. The van der Waals surface area contributed by atoms with Crippen molar-refractivity contribution in [3.05, 3.63) is 0 Å². The van der Waals surface area contributed by atoms with Crippen molar-refractivity contribution in [2.75, 3.05) is 18.4 Å². The summed E-state index contributed by atoms with van der Waals surface area (Å²) >= 11 is 22.6. The van der Waals surface area contributed by atoms with Crippen LogP contribution in [-0.4, -0.2) is 103 Å². The zero-order chi connectivity index (χ0) is 28.0. The summed E-state index contributed by atoms with van der Waals surface area (Å²) in [6.07, 6.45) is 2.68. The summed E-state index contributed by atoms with van der Waals surface area (Å²) in [5.41, 5.74) is 0. The highest BCUT2D eigenvalue weighted by molar-refractivity contribution is 6.63. The Morgan fingerprint density at radius 3 is 1.92 bits per heavy atom. The van der Waals surface area contributed by atoms with E-state index in [-0.39, 0.29) is 11.1 Å². The highest BCUT2D eigenvalue weighted by Gasteiger charge is 2.58. The molecule has 13 heteroatoms. The van der Waals surface area contributed by atoms with E-state index in [1.165, 1.54) is 44.9 Å². The van der Waals surface area contributed by atoms with Gasteiger partial charge in [0.25, 0.3) is 0 Å². The van der Waals surface area contributed by atoms with E-state index in [0.717, 1.165) is 12.8 Å². The molecular formula is C24H42Cl4O9. The molecule has 220 valence electrons. The van der Waals surface area contributed by atoms with Gasteiger partial charge in [0, 0.05) is 6.42 Å². The fourth-order valence-corrected chi connectivity index (χ4v) is 5.08. The molecule has 37 heavy (non-hydrogen) atoms. The second-order valence-electron chi connectivity index (χ2n) is 9.39. The van der Waals surface area contributed by atoms with E-state index in [1.807, 2.05) is 0 Å². The molecule has 0 aromatic rings. The van der Waals surface area contributed by atoms with Crippen molar-refractivity contribution in [1.82, 2.24) is 0 Å². The summed E-state index contributed by atoms with van der Waals surface area (Å²) in [5, 5.41) is 48.0. The van der Waals surface area contributed by atoms with Gasteiger partial charge in [-0.15, -0.1) is 34.8 Å². The Kier molecular flexibility index (Phi) is 18.0. The SMILES string of the molecule is CCCCCCCCCCCC(=O)Cl.OCC1O[C@H](O[C@@]2(CCl)O[C@H](CCl)C(O)[C@H]2O)C(O)[C@@H](O)[C@H]1Cl. The second kappa shape index (κ2) is 18.8. The summed E-state index contributed by atoms with van der Waals surface area (Å²) in [7, 11) is 0. The van der Waals surface area contributed by atoms with E-state index >= 15 is 0 Å². The summed E-state index contributed by atoms with van der Waals surface area (Å²) < 4.78 is 16.1. The Morgan fingerprint density at radius 1 is 0.892 bits per heavy atom. The predicted molar refractivity (Wildman–Crippen MR) is 142 cm³/mol. The molecule has 2 rings (SSSR count). The third-order valence-electron chi connectivity index (χ3n) is 6.44. The summed E-state index contributed by atoms with van der Waals surface area (Å²) in [6, 6.07) is 0. The lowest BCUT2D eigenvalue weighted by Crippen LogP contribution is -2.61. The van der Waals surface area contributed by atoms with Gasteiger partial charge in [0.05, 0.1) is 23.7 Å². The number of halogens is 4. The van der Waals surface area contributed by atoms with Crippen molar-refractivity contribution >= 4 is 51.6 Å². The molecule has 0 saturated carbocycles. The minimum absolute atomic E-state index is 0.125. The van der Waals surface area contributed by atoms with Crippen LogP contribution in [0.4, 0.5) is 0 Å². The quantitative estimate of drug-likeness (QED) is 0.107. The molecule has 2 aliphatic heterocycles. The summed E-state index contributed by atoms with van der Waals surface area (Å²) in [6.45, 7) is 1.71. The molecule has 0 amide bonds. The maximum Gasteiger partial charge on any atom is 0.221 e. The molecule has 5 N–H and O–H groups in total. The first-order valence-electron chi connectivity index (χ1n) is 12.9. The summed E-state index contributed by atoms with van der Waals surface area (Å²) in [5.74, 6) is -2.43. The van der Waals surface area contributed by atoms with E-state index in [4.69, 9.17) is 60.6 Å². The van der Waals surface area contributed by atoms with Crippen molar-refractivity contribution in [3.8, 4) is 0 Å². The zero-order valence-electron chi connectivity index (χ0n) is 21.2. The average molecular weight is 616 g/mol. The Labute approximate surface area is 239 Å². The van der Waals surface area contributed by atoms with Gasteiger partial charge in [-0.2, -0.15) is 0 Å².